The number of hydrogen-bond acceptors (Lipinski definition) is 3. The molecule has 2 N–H and O–H groups in total. The van der Waals surface area contributed by atoms with E-state index < -0.39 is 5.92 Å². The maximum atomic E-state index is 11.7. The summed E-state index contributed by atoms with van der Waals surface area (Å²) < 4.78 is 0. The zero-order chi connectivity index (χ0) is 12.7. The van der Waals surface area contributed by atoms with Crippen molar-refractivity contribution in [3.05, 3.63) is 0 Å². The van der Waals surface area contributed by atoms with Gasteiger partial charge in [-0.1, -0.05) is 27.7 Å². The number of nitriles is 1. The molecular formula is C12H22N2O2. The van der Waals surface area contributed by atoms with Crippen LogP contribution < -0.4 is 5.32 Å². The Morgan fingerprint density at radius 1 is 1.38 bits per heavy atom. The van der Waals surface area contributed by atoms with Crippen LogP contribution >= 0.6 is 0 Å². The molecule has 0 aromatic heterocycles. The molecule has 2 unspecified atom stereocenters. The van der Waals surface area contributed by atoms with Crippen molar-refractivity contribution in [3.63, 3.8) is 0 Å². The molecule has 0 aromatic carbocycles. The molecule has 0 aliphatic heterocycles. The summed E-state index contributed by atoms with van der Waals surface area (Å²) in [5, 5.41) is 20.7. The molecule has 0 spiro atoms. The van der Waals surface area contributed by atoms with E-state index in [1.165, 1.54) is 0 Å². The predicted molar refractivity (Wildman–Crippen MR) is 62.4 cm³/mol. The van der Waals surface area contributed by atoms with Gasteiger partial charge in [0, 0.05) is 0 Å². The van der Waals surface area contributed by atoms with Crippen molar-refractivity contribution in [1.82, 2.24) is 5.32 Å². The van der Waals surface area contributed by atoms with E-state index in [9.17, 15) is 4.79 Å². The smallest absolute Gasteiger partial charge is 0.237 e. The average molecular weight is 226 g/mol. The normalized spacial score (nSPS) is 14.6. The van der Waals surface area contributed by atoms with E-state index in [1.807, 2.05) is 33.8 Å². The van der Waals surface area contributed by atoms with Crippen molar-refractivity contribution in [2.75, 3.05) is 6.61 Å². The van der Waals surface area contributed by atoms with Gasteiger partial charge in [-0.2, -0.15) is 5.26 Å². The SMILES string of the molecule is CC(C)CC(CO)NC(=O)C(C#N)C(C)C. The van der Waals surface area contributed by atoms with Crippen LogP contribution in [0.1, 0.15) is 34.1 Å². The maximum Gasteiger partial charge on any atom is 0.237 e. The summed E-state index contributed by atoms with van der Waals surface area (Å²) in [5.74, 6) is -0.529. The summed E-state index contributed by atoms with van der Waals surface area (Å²) in [4.78, 5) is 11.7. The van der Waals surface area contributed by atoms with Crippen LogP contribution in [0.5, 0.6) is 0 Å². The molecule has 0 aliphatic rings. The van der Waals surface area contributed by atoms with Crippen molar-refractivity contribution in [2.24, 2.45) is 17.8 Å². The number of amides is 1. The average Bonchev–Trinajstić information content (AvgIpc) is 2.16. The third kappa shape index (κ3) is 5.13. The first-order chi connectivity index (χ1) is 7.42. The Morgan fingerprint density at radius 2 is 1.94 bits per heavy atom. The molecule has 4 nitrogen and oxygen atoms in total. The highest BCUT2D eigenvalue weighted by molar-refractivity contribution is 5.81. The first-order valence-corrected chi connectivity index (χ1v) is 5.73. The van der Waals surface area contributed by atoms with Gasteiger partial charge in [-0.3, -0.25) is 4.79 Å². The number of aliphatic hydroxyl groups is 1. The highest BCUT2D eigenvalue weighted by Gasteiger charge is 2.24. The van der Waals surface area contributed by atoms with Gasteiger partial charge < -0.3 is 10.4 Å². The Bertz CT molecular complexity index is 256. The quantitative estimate of drug-likeness (QED) is 0.717. The lowest BCUT2D eigenvalue weighted by molar-refractivity contribution is -0.125. The van der Waals surface area contributed by atoms with Crippen molar-refractivity contribution in [1.29, 1.82) is 5.26 Å². The third-order valence-electron chi connectivity index (χ3n) is 2.41. The van der Waals surface area contributed by atoms with Gasteiger partial charge in [-0.25, -0.2) is 0 Å². The van der Waals surface area contributed by atoms with E-state index in [1.54, 1.807) is 0 Å². The number of carbonyl (C=O) groups excluding carboxylic acids is 1. The maximum absolute atomic E-state index is 11.7. The van der Waals surface area contributed by atoms with Gasteiger partial charge in [0.1, 0.15) is 5.92 Å². The standard InChI is InChI=1S/C12H22N2O2/c1-8(2)5-10(7-15)14-12(16)11(6-13)9(3)4/h8-11,15H,5,7H2,1-4H3,(H,14,16). The van der Waals surface area contributed by atoms with Crippen molar-refractivity contribution in [2.45, 2.75) is 40.2 Å². The van der Waals surface area contributed by atoms with Gasteiger partial charge in [0.25, 0.3) is 0 Å². The highest BCUT2D eigenvalue weighted by Crippen LogP contribution is 2.11. The van der Waals surface area contributed by atoms with Gasteiger partial charge >= 0.3 is 0 Å². The van der Waals surface area contributed by atoms with Gasteiger partial charge in [0.2, 0.25) is 5.91 Å². The van der Waals surface area contributed by atoms with E-state index in [0.29, 0.717) is 5.92 Å². The van der Waals surface area contributed by atoms with Crippen molar-refractivity contribution < 1.29 is 9.90 Å². The number of nitrogens with one attached hydrogen (secondary N) is 1. The summed E-state index contributed by atoms with van der Waals surface area (Å²) >= 11 is 0. The topological polar surface area (TPSA) is 73.1 Å². The van der Waals surface area contributed by atoms with Crippen molar-refractivity contribution >= 4 is 5.91 Å². The van der Waals surface area contributed by atoms with Crippen LogP contribution in [0.25, 0.3) is 0 Å². The second-order valence-electron chi connectivity index (χ2n) is 4.87. The Kier molecular flexibility index (Phi) is 6.75. The minimum absolute atomic E-state index is 0.0107. The summed E-state index contributed by atoms with van der Waals surface area (Å²) in [6, 6.07) is 1.74. The Morgan fingerprint density at radius 3 is 2.25 bits per heavy atom. The zero-order valence-electron chi connectivity index (χ0n) is 10.5. The highest BCUT2D eigenvalue weighted by atomic mass is 16.3. The first kappa shape index (κ1) is 14.9. The monoisotopic (exact) mass is 226 g/mol. The van der Waals surface area contributed by atoms with Gasteiger partial charge in [-0.15, -0.1) is 0 Å². The minimum Gasteiger partial charge on any atom is -0.394 e. The predicted octanol–water partition coefficient (Wildman–Crippen LogP) is 1.31. The van der Waals surface area contributed by atoms with Crippen LogP contribution in [0.15, 0.2) is 0 Å². The molecule has 0 fully saturated rings. The molecule has 0 bridgehead atoms. The Hall–Kier alpha value is -1.08. The molecule has 0 radical (unpaired) electrons. The molecule has 0 rings (SSSR count). The molecule has 16 heavy (non-hydrogen) atoms. The van der Waals surface area contributed by atoms with Crippen molar-refractivity contribution in [3.8, 4) is 6.07 Å². The van der Waals surface area contributed by atoms with Crippen LogP contribution in [-0.2, 0) is 4.79 Å². The van der Waals surface area contributed by atoms with Crippen LogP contribution in [0.2, 0.25) is 0 Å². The summed E-state index contributed by atoms with van der Waals surface area (Å²) in [6.07, 6.45) is 0.721. The fourth-order valence-electron chi connectivity index (χ4n) is 1.55. The number of hydrogen-bond donors (Lipinski definition) is 2. The van der Waals surface area contributed by atoms with E-state index in [4.69, 9.17) is 10.4 Å². The van der Waals surface area contributed by atoms with E-state index >= 15 is 0 Å². The molecule has 4 heteroatoms. The lowest BCUT2D eigenvalue weighted by atomic mass is 9.95. The minimum atomic E-state index is -0.638. The molecule has 0 saturated heterocycles. The van der Waals surface area contributed by atoms with E-state index in [0.717, 1.165) is 6.42 Å². The van der Waals surface area contributed by atoms with Gasteiger partial charge in [0.15, 0.2) is 0 Å². The molecular weight excluding hydrogens is 204 g/mol. The van der Waals surface area contributed by atoms with Crippen LogP contribution in [0.3, 0.4) is 0 Å². The second-order valence-corrected chi connectivity index (χ2v) is 4.87. The molecule has 0 heterocycles. The van der Waals surface area contributed by atoms with Gasteiger partial charge in [-0.05, 0) is 18.3 Å². The van der Waals surface area contributed by atoms with E-state index in [2.05, 4.69) is 5.32 Å². The lowest BCUT2D eigenvalue weighted by Crippen LogP contribution is -2.42. The molecule has 0 aliphatic carbocycles. The molecule has 0 saturated carbocycles. The largest absolute Gasteiger partial charge is 0.394 e. The number of nitrogens with zero attached hydrogens (tertiary/aromatic N) is 1. The zero-order valence-corrected chi connectivity index (χ0v) is 10.5. The second kappa shape index (κ2) is 7.24. The third-order valence-corrected chi connectivity index (χ3v) is 2.41. The molecule has 0 aromatic rings. The fourth-order valence-corrected chi connectivity index (χ4v) is 1.55. The van der Waals surface area contributed by atoms with Gasteiger partial charge in [0.05, 0.1) is 18.7 Å². The Labute approximate surface area is 97.7 Å². The summed E-state index contributed by atoms with van der Waals surface area (Å²) in [5.41, 5.74) is 0. The number of aliphatic hydroxyl groups excluding tert-OH is 1. The van der Waals surface area contributed by atoms with Crippen LogP contribution in [-0.4, -0.2) is 23.7 Å². The fraction of sp³-hybridized carbons (Fsp3) is 0.833. The Balaban J connectivity index is 4.35. The lowest BCUT2D eigenvalue weighted by Gasteiger charge is -2.21. The van der Waals surface area contributed by atoms with Crippen LogP contribution in [0.4, 0.5) is 0 Å². The number of rotatable bonds is 6. The first-order valence-electron chi connectivity index (χ1n) is 5.73. The molecule has 1 amide bonds. The van der Waals surface area contributed by atoms with E-state index in [-0.39, 0.29) is 24.5 Å². The summed E-state index contributed by atoms with van der Waals surface area (Å²) in [7, 11) is 0. The van der Waals surface area contributed by atoms with Crippen LogP contribution in [0, 0.1) is 29.1 Å². The molecule has 2 atom stereocenters. The number of carbonyl (C=O) groups is 1. The summed E-state index contributed by atoms with van der Waals surface area (Å²) in [6.45, 7) is 7.64. The molecule has 92 valence electrons.